The number of methoxy groups -OCH3 is 2. The van der Waals surface area contributed by atoms with E-state index in [-0.39, 0.29) is 28.2 Å². The number of fused-ring (bicyclic) bond motifs is 1. The highest BCUT2D eigenvalue weighted by molar-refractivity contribution is 7.71. The van der Waals surface area contributed by atoms with E-state index in [0.717, 1.165) is 25.7 Å². The third-order valence-corrected chi connectivity index (χ3v) is 6.36. The van der Waals surface area contributed by atoms with Gasteiger partial charge in [0.2, 0.25) is 22.5 Å². The fourth-order valence-electron chi connectivity index (χ4n) is 3.96. The highest BCUT2D eigenvalue weighted by Crippen LogP contribution is 2.21. The molecular formula is C24H25F3N6O7S. The molecule has 1 aromatic carbocycles. The molecule has 0 unspecified atom stereocenters. The largest absolute Gasteiger partial charge is 0.493 e. The topological polar surface area (TPSA) is 139 Å². The average molecular weight is 599 g/mol. The van der Waals surface area contributed by atoms with Crippen molar-refractivity contribution in [3.8, 4) is 17.7 Å². The molecule has 0 spiro atoms. The molecule has 1 aliphatic heterocycles. The molecule has 3 heterocycles. The van der Waals surface area contributed by atoms with Gasteiger partial charge in [-0.2, -0.15) is 23.1 Å². The summed E-state index contributed by atoms with van der Waals surface area (Å²) < 4.78 is 55.2. The van der Waals surface area contributed by atoms with E-state index in [1.54, 1.807) is 0 Å². The van der Waals surface area contributed by atoms with Crippen molar-refractivity contribution in [3.63, 3.8) is 0 Å². The van der Waals surface area contributed by atoms with Gasteiger partial charge in [0.15, 0.2) is 0 Å². The van der Waals surface area contributed by atoms with Crippen molar-refractivity contribution in [2.75, 3.05) is 53.6 Å². The number of alkyl halides is 3. The summed E-state index contributed by atoms with van der Waals surface area (Å²) >= 11 is 5.25. The number of carbonyl (C=O) groups excluding carboxylic acids is 2. The molecule has 0 aliphatic carbocycles. The molecule has 1 saturated heterocycles. The maximum absolute atomic E-state index is 13.5. The first-order valence-corrected chi connectivity index (χ1v) is 12.6. The minimum Gasteiger partial charge on any atom is -0.481 e. The molecule has 1 fully saturated rings. The standard InChI is InChI=1S/C24H25F3N6O7S/c1-37-17-13-18(38-2)30-22(29-17)32-20(35)15-5-4-14(19(34)28-6-3-7-31-8-10-39-11-9-31)12-16(15)33(23(32)41)40-21(36)24(25,26)27/h4-5,12-13H,3,6-11H2,1-2H3,(H,28,34). The van der Waals surface area contributed by atoms with E-state index < -0.39 is 34.3 Å². The Morgan fingerprint density at radius 2 is 1.76 bits per heavy atom. The molecule has 0 bridgehead atoms. The van der Waals surface area contributed by atoms with Crippen LogP contribution in [0, 0.1) is 4.77 Å². The van der Waals surface area contributed by atoms with Crippen LogP contribution in [0.1, 0.15) is 16.8 Å². The summed E-state index contributed by atoms with van der Waals surface area (Å²) in [6.45, 7) is 3.94. The third-order valence-electron chi connectivity index (χ3n) is 6.01. The number of aromatic nitrogens is 4. The van der Waals surface area contributed by atoms with Crippen LogP contribution < -0.4 is 25.2 Å². The number of rotatable bonds is 9. The van der Waals surface area contributed by atoms with E-state index in [4.69, 9.17) is 26.4 Å². The molecule has 17 heteroatoms. The van der Waals surface area contributed by atoms with E-state index in [1.165, 1.54) is 32.4 Å². The van der Waals surface area contributed by atoms with Crippen LogP contribution in [-0.2, 0) is 9.53 Å². The fourth-order valence-corrected chi connectivity index (χ4v) is 4.26. The van der Waals surface area contributed by atoms with E-state index >= 15 is 0 Å². The van der Waals surface area contributed by atoms with Crippen LogP contribution in [-0.4, -0.2) is 95.8 Å². The minimum absolute atomic E-state index is 0.00784. The molecule has 1 N–H and O–H groups in total. The van der Waals surface area contributed by atoms with Crippen LogP contribution in [0.5, 0.6) is 11.8 Å². The number of hydrogen-bond donors (Lipinski definition) is 1. The van der Waals surface area contributed by atoms with Crippen molar-refractivity contribution in [2.24, 2.45) is 0 Å². The summed E-state index contributed by atoms with van der Waals surface area (Å²) in [6, 6.07) is 4.89. The third kappa shape index (κ3) is 6.80. The lowest BCUT2D eigenvalue weighted by Gasteiger charge is -2.26. The first kappa shape index (κ1) is 29.9. The Kier molecular flexibility index (Phi) is 9.19. The molecule has 0 atom stereocenters. The van der Waals surface area contributed by atoms with Crippen molar-refractivity contribution in [2.45, 2.75) is 12.6 Å². The Labute approximate surface area is 235 Å². The van der Waals surface area contributed by atoms with Crippen LogP contribution in [0.15, 0.2) is 29.1 Å². The highest BCUT2D eigenvalue weighted by atomic mass is 32.1. The molecular weight excluding hydrogens is 573 g/mol. The molecule has 4 rings (SSSR count). The van der Waals surface area contributed by atoms with Gasteiger partial charge in [0.1, 0.15) is 0 Å². The number of halogens is 3. The normalized spacial score (nSPS) is 14.1. The van der Waals surface area contributed by atoms with E-state index in [1.807, 2.05) is 0 Å². The summed E-state index contributed by atoms with van der Waals surface area (Å²) in [5.41, 5.74) is -1.23. The average Bonchev–Trinajstić information content (AvgIpc) is 2.96. The molecule has 0 saturated carbocycles. The highest BCUT2D eigenvalue weighted by Gasteiger charge is 2.42. The van der Waals surface area contributed by atoms with Gasteiger partial charge in [-0.25, -0.2) is 9.36 Å². The maximum Gasteiger partial charge on any atom is 0.493 e. The van der Waals surface area contributed by atoms with Crippen molar-refractivity contribution >= 4 is 35.0 Å². The number of nitrogens with one attached hydrogen (secondary N) is 1. The zero-order chi connectivity index (χ0) is 29.7. The lowest BCUT2D eigenvalue weighted by atomic mass is 10.1. The smallest absolute Gasteiger partial charge is 0.481 e. The van der Waals surface area contributed by atoms with Crippen LogP contribution >= 0.6 is 12.2 Å². The number of carbonyl (C=O) groups is 2. The molecule has 3 aromatic rings. The van der Waals surface area contributed by atoms with Crippen LogP contribution in [0.3, 0.4) is 0 Å². The van der Waals surface area contributed by atoms with Crippen molar-refractivity contribution in [1.82, 2.24) is 29.5 Å². The van der Waals surface area contributed by atoms with Crippen LogP contribution in [0.25, 0.3) is 16.9 Å². The predicted molar refractivity (Wildman–Crippen MR) is 139 cm³/mol. The predicted octanol–water partition coefficient (Wildman–Crippen LogP) is 1.30. The van der Waals surface area contributed by atoms with Gasteiger partial charge in [0, 0.05) is 25.2 Å². The Hall–Kier alpha value is -4.09. The number of amides is 1. The quantitative estimate of drug-likeness (QED) is 0.282. The number of hydrogen-bond acceptors (Lipinski definition) is 11. The second kappa shape index (κ2) is 12.6. The fraction of sp³-hybridized carbons (Fsp3) is 0.417. The van der Waals surface area contributed by atoms with Gasteiger partial charge in [0.25, 0.3) is 11.5 Å². The van der Waals surface area contributed by atoms with Gasteiger partial charge in [-0.15, -0.1) is 4.73 Å². The van der Waals surface area contributed by atoms with E-state index in [2.05, 4.69) is 25.0 Å². The number of benzene rings is 1. The maximum atomic E-state index is 13.5. The molecule has 41 heavy (non-hydrogen) atoms. The summed E-state index contributed by atoms with van der Waals surface area (Å²) in [4.78, 5) is 52.9. The Morgan fingerprint density at radius 3 is 2.37 bits per heavy atom. The summed E-state index contributed by atoms with van der Waals surface area (Å²) in [5, 5.41) is 2.48. The van der Waals surface area contributed by atoms with Crippen molar-refractivity contribution in [1.29, 1.82) is 0 Å². The van der Waals surface area contributed by atoms with Gasteiger partial charge >= 0.3 is 12.1 Å². The first-order chi connectivity index (χ1) is 19.5. The van der Waals surface area contributed by atoms with Gasteiger partial charge in [-0.3, -0.25) is 14.5 Å². The van der Waals surface area contributed by atoms with Gasteiger partial charge in [-0.05, 0) is 43.4 Å². The SMILES string of the molecule is COc1cc(OC)nc(-n2c(=O)c3ccc(C(=O)NCCCN4CCOCC4)cc3n(OC(=O)C(F)(F)F)c2=S)n1. The second-order valence-electron chi connectivity index (χ2n) is 8.64. The first-order valence-electron chi connectivity index (χ1n) is 12.2. The Balaban J connectivity index is 1.73. The lowest BCUT2D eigenvalue weighted by Crippen LogP contribution is -2.38. The monoisotopic (exact) mass is 598 g/mol. The van der Waals surface area contributed by atoms with Crippen LogP contribution in [0.4, 0.5) is 13.2 Å². The second-order valence-corrected chi connectivity index (χ2v) is 9.01. The van der Waals surface area contributed by atoms with E-state index in [0.29, 0.717) is 35.5 Å². The van der Waals surface area contributed by atoms with Crippen LogP contribution in [0.2, 0.25) is 0 Å². The molecule has 1 aliphatic rings. The number of ether oxygens (including phenoxy) is 3. The Morgan fingerprint density at radius 1 is 1.10 bits per heavy atom. The minimum atomic E-state index is -5.40. The van der Waals surface area contributed by atoms with Crippen molar-refractivity contribution < 1.29 is 41.8 Å². The zero-order valence-corrected chi connectivity index (χ0v) is 22.7. The molecule has 13 nitrogen and oxygen atoms in total. The number of morpholine rings is 1. The number of nitrogens with zero attached hydrogens (tertiary/aromatic N) is 5. The molecule has 220 valence electrons. The summed E-state index contributed by atoms with van der Waals surface area (Å²) in [6.07, 6.45) is -4.75. The summed E-state index contributed by atoms with van der Waals surface area (Å²) in [5.74, 6) is -3.68. The Bertz CT molecular complexity index is 1550. The molecule has 1 amide bonds. The lowest BCUT2D eigenvalue weighted by molar-refractivity contribution is -0.199. The zero-order valence-electron chi connectivity index (χ0n) is 21.9. The molecule has 0 radical (unpaired) electrons. The van der Waals surface area contributed by atoms with Gasteiger partial charge in [0.05, 0.1) is 44.4 Å². The molecule has 2 aromatic heterocycles. The van der Waals surface area contributed by atoms with Gasteiger partial charge in [-0.1, -0.05) is 0 Å². The van der Waals surface area contributed by atoms with E-state index in [9.17, 15) is 27.6 Å². The van der Waals surface area contributed by atoms with Gasteiger partial charge < -0.3 is 24.4 Å². The summed E-state index contributed by atoms with van der Waals surface area (Å²) in [7, 11) is 2.56. The van der Waals surface area contributed by atoms with Crippen molar-refractivity contribution in [3.05, 3.63) is 45.0 Å².